The minimum atomic E-state index is -0.355. The number of hydrogen-bond donors (Lipinski definition) is 3. The van der Waals surface area contributed by atoms with Crippen LogP contribution in [0.3, 0.4) is 0 Å². The van der Waals surface area contributed by atoms with E-state index in [1.54, 1.807) is 14.2 Å². The topological polar surface area (TPSA) is 104 Å². The number of nitrogens with zero attached hydrogens (tertiary/aromatic N) is 2. The fraction of sp³-hybridized carbons (Fsp3) is 0.550. The van der Waals surface area contributed by atoms with Crippen LogP contribution in [-0.2, 0) is 11.3 Å². The summed E-state index contributed by atoms with van der Waals surface area (Å²) < 4.78 is 11.6. The Kier molecular flexibility index (Phi) is 7.15. The van der Waals surface area contributed by atoms with Gasteiger partial charge in [-0.1, -0.05) is 0 Å². The zero-order chi connectivity index (χ0) is 20.6. The number of carbonyl (C=O) groups is 2. The van der Waals surface area contributed by atoms with Gasteiger partial charge in [0.2, 0.25) is 5.91 Å². The number of rotatable bonds is 8. The van der Waals surface area contributed by atoms with Crippen LogP contribution in [-0.4, -0.2) is 62.7 Å². The number of guanidine groups is 1. The van der Waals surface area contributed by atoms with E-state index in [1.807, 2.05) is 18.2 Å². The molecule has 3 rings (SSSR count). The first kappa shape index (κ1) is 20.8. The summed E-state index contributed by atoms with van der Waals surface area (Å²) in [7, 11) is 3.32. The average molecular weight is 403 g/mol. The van der Waals surface area contributed by atoms with Crippen LogP contribution in [0.25, 0.3) is 0 Å². The van der Waals surface area contributed by atoms with E-state index in [9.17, 15) is 9.59 Å². The Morgan fingerprint density at radius 3 is 2.72 bits per heavy atom. The number of hydrogen-bond acceptors (Lipinski definition) is 5. The molecule has 1 aliphatic heterocycles. The molecule has 0 radical (unpaired) electrons. The van der Waals surface area contributed by atoms with E-state index in [0.29, 0.717) is 19.0 Å². The molecule has 3 N–H and O–H groups in total. The number of methoxy groups -OCH3 is 1. The lowest BCUT2D eigenvalue weighted by molar-refractivity contribution is -0.124. The first-order valence-electron chi connectivity index (χ1n) is 9.97. The summed E-state index contributed by atoms with van der Waals surface area (Å²) in [5, 5.41) is 8.88. The second kappa shape index (κ2) is 9.99. The highest BCUT2D eigenvalue weighted by molar-refractivity contribution is 6.01. The van der Waals surface area contributed by atoms with Gasteiger partial charge < -0.3 is 25.4 Å². The van der Waals surface area contributed by atoms with Crippen LogP contribution in [0.4, 0.5) is 4.79 Å². The van der Waals surface area contributed by atoms with Crippen molar-refractivity contribution in [2.24, 2.45) is 4.99 Å². The van der Waals surface area contributed by atoms with Crippen LogP contribution in [0.15, 0.2) is 23.2 Å². The summed E-state index contributed by atoms with van der Waals surface area (Å²) in [6.07, 6.45) is 4.82. The van der Waals surface area contributed by atoms with E-state index in [2.05, 4.69) is 20.9 Å². The average Bonchev–Trinajstić information content (AvgIpc) is 3.35. The van der Waals surface area contributed by atoms with Crippen molar-refractivity contribution in [3.05, 3.63) is 23.8 Å². The molecule has 1 saturated carbocycles. The third-order valence-electron chi connectivity index (χ3n) is 5.10. The predicted octanol–water partition coefficient (Wildman–Crippen LogP) is 1.23. The maximum absolute atomic E-state index is 11.6. The highest BCUT2D eigenvalue weighted by Gasteiger charge is 2.27. The van der Waals surface area contributed by atoms with Gasteiger partial charge in [-0.05, 0) is 37.8 Å². The largest absolute Gasteiger partial charge is 0.497 e. The molecule has 0 bridgehead atoms. The molecule has 0 unspecified atom stereocenters. The van der Waals surface area contributed by atoms with E-state index in [1.165, 1.54) is 17.7 Å². The van der Waals surface area contributed by atoms with Gasteiger partial charge >= 0.3 is 6.03 Å². The van der Waals surface area contributed by atoms with E-state index >= 15 is 0 Å². The molecule has 0 atom stereocenters. The van der Waals surface area contributed by atoms with Crippen LogP contribution in [0, 0.1) is 0 Å². The highest BCUT2D eigenvalue weighted by Crippen LogP contribution is 2.29. The van der Waals surface area contributed by atoms with Gasteiger partial charge in [0.1, 0.15) is 11.5 Å². The molecular formula is C20H29N5O4. The van der Waals surface area contributed by atoms with Crippen molar-refractivity contribution in [1.29, 1.82) is 0 Å². The molecule has 2 fully saturated rings. The number of urea groups is 1. The smallest absolute Gasteiger partial charge is 0.324 e. The van der Waals surface area contributed by atoms with Crippen LogP contribution in [0.5, 0.6) is 11.5 Å². The number of benzene rings is 1. The van der Waals surface area contributed by atoms with Gasteiger partial charge in [0.15, 0.2) is 5.96 Å². The number of ether oxygens (including phenoxy) is 2. The lowest BCUT2D eigenvalue weighted by Gasteiger charge is -2.19. The van der Waals surface area contributed by atoms with Crippen molar-refractivity contribution in [3.8, 4) is 11.5 Å². The summed E-state index contributed by atoms with van der Waals surface area (Å²) in [6, 6.07) is 5.46. The van der Waals surface area contributed by atoms with Gasteiger partial charge in [0.05, 0.1) is 19.8 Å². The van der Waals surface area contributed by atoms with Crippen LogP contribution in [0.1, 0.15) is 31.2 Å². The van der Waals surface area contributed by atoms with Gasteiger partial charge in [-0.3, -0.25) is 14.7 Å². The first-order chi connectivity index (χ1) is 14.1. The maximum Gasteiger partial charge on any atom is 0.324 e. The quantitative estimate of drug-likeness (QED) is 0.343. The van der Waals surface area contributed by atoms with Crippen LogP contribution < -0.4 is 25.4 Å². The normalized spacial score (nSPS) is 17.4. The molecule has 1 aliphatic carbocycles. The molecule has 1 saturated heterocycles. The zero-order valence-electron chi connectivity index (χ0n) is 17.0. The monoisotopic (exact) mass is 403 g/mol. The lowest BCUT2D eigenvalue weighted by Crippen LogP contribution is -2.43. The fourth-order valence-electron chi connectivity index (χ4n) is 3.47. The van der Waals surface area contributed by atoms with Crippen molar-refractivity contribution in [2.45, 2.75) is 38.3 Å². The van der Waals surface area contributed by atoms with Crippen molar-refractivity contribution in [1.82, 2.24) is 20.9 Å². The summed E-state index contributed by atoms with van der Waals surface area (Å²) in [4.78, 5) is 28.6. The molecule has 1 heterocycles. The second-order valence-electron chi connectivity index (χ2n) is 7.05. The molecule has 158 valence electrons. The summed E-state index contributed by atoms with van der Waals surface area (Å²) in [6.45, 7) is 1.28. The third-order valence-corrected chi connectivity index (χ3v) is 5.10. The molecule has 9 heteroatoms. The Morgan fingerprint density at radius 2 is 2.07 bits per heavy atom. The van der Waals surface area contributed by atoms with Crippen molar-refractivity contribution in [3.63, 3.8) is 0 Å². The molecule has 0 aromatic heterocycles. The third kappa shape index (κ3) is 5.52. The highest BCUT2D eigenvalue weighted by atomic mass is 16.5. The molecule has 9 nitrogen and oxygen atoms in total. The molecule has 1 aromatic carbocycles. The molecular weight excluding hydrogens is 374 g/mol. The first-order valence-corrected chi connectivity index (χ1v) is 9.97. The molecule has 3 amide bonds. The van der Waals surface area contributed by atoms with Gasteiger partial charge in [0, 0.05) is 38.3 Å². The van der Waals surface area contributed by atoms with Crippen molar-refractivity contribution < 1.29 is 19.1 Å². The molecule has 1 aromatic rings. The zero-order valence-corrected chi connectivity index (χ0v) is 17.0. The van der Waals surface area contributed by atoms with Crippen molar-refractivity contribution >= 4 is 17.9 Å². The molecule has 0 spiro atoms. The molecule has 29 heavy (non-hydrogen) atoms. The lowest BCUT2D eigenvalue weighted by atomic mass is 10.2. The van der Waals surface area contributed by atoms with E-state index in [4.69, 9.17) is 9.47 Å². The Bertz CT molecular complexity index is 745. The van der Waals surface area contributed by atoms with E-state index in [0.717, 1.165) is 29.9 Å². The Balaban J connectivity index is 1.54. The Hall–Kier alpha value is -2.97. The number of aliphatic imine (C=N–C) groups is 1. The Labute approximate surface area is 170 Å². The standard InChI is InChI=1S/C20H29N5O4/c1-21-19(22-9-10-25-18(26)13-24-20(25)27)23-12-14-7-8-16(28-2)11-17(14)29-15-5-3-4-6-15/h7-8,11,15H,3-6,9-10,12-13H2,1-2H3,(H,24,27)(H2,21,22,23). The van der Waals surface area contributed by atoms with Crippen LogP contribution >= 0.6 is 0 Å². The fourth-order valence-corrected chi connectivity index (χ4v) is 3.47. The summed E-state index contributed by atoms with van der Waals surface area (Å²) in [5.74, 6) is 1.95. The maximum atomic E-state index is 11.6. The van der Waals surface area contributed by atoms with Gasteiger partial charge in [0.25, 0.3) is 0 Å². The minimum absolute atomic E-state index is 0.0625. The molecule has 2 aliphatic rings. The second-order valence-corrected chi connectivity index (χ2v) is 7.05. The van der Waals surface area contributed by atoms with E-state index in [-0.39, 0.29) is 31.1 Å². The van der Waals surface area contributed by atoms with Gasteiger partial charge in [-0.15, -0.1) is 0 Å². The number of imide groups is 1. The SMILES string of the molecule is CN=C(NCCN1C(=O)CNC1=O)NCc1ccc(OC)cc1OC1CCCC1. The number of nitrogens with one attached hydrogen (secondary N) is 3. The summed E-state index contributed by atoms with van der Waals surface area (Å²) in [5.41, 5.74) is 1.01. The minimum Gasteiger partial charge on any atom is -0.497 e. The summed E-state index contributed by atoms with van der Waals surface area (Å²) >= 11 is 0. The number of carbonyl (C=O) groups excluding carboxylic acids is 2. The number of amides is 3. The predicted molar refractivity (Wildman–Crippen MR) is 109 cm³/mol. The Morgan fingerprint density at radius 1 is 1.28 bits per heavy atom. The van der Waals surface area contributed by atoms with E-state index < -0.39 is 0 Å². The van der Waals surface area contributed by atoms with Crippen molar-refractivity contribution in [2.75, 3.05) is 33.8 Å². The van der Waals surface area contributed by atoms with Gasteiger partial charge in [-0.25, -0.2) is 4.79 Å². The van der Waals surface area contributed by atoms with Crippen LogP contribution in [0.2, 0.25) is 0 Å². The van der Waals surface area contributed by atoms with Gasteiger partial charge in [-0.2, -0.15) is 0 Å².